The molecule has 0 aliphatic heterocycles. The SMILES string of the molecule is CS(=O)(=O)Cc1ccc(Cl)c(N)c1C#N. The normalized spacial score (nSPS) is 11.0. The van der Waals surface area contributed by atoms with E-state index in [2.05, 4.69) is 0 Å². The van der Waals surface area contributed by atoms with Gasteiger partial charge >= 0.3 is 0 Å². The highest BCUT2D eigenvalue weighted by Crippen LogP contribution is 2.26. The van der Waals surface area contributed by atoms with Crippen molar-refractivity contribution in [1.29, 1.82) is 5.26 Å². The van der Waals surface area contributed by atoms with E-state index in [-0.39, 0.29) is 22.0 Å². The molecule has 0 unspecified atom stereocenters. The highest BCUT2D eigenvalue weighted by molar-refractivity contribution is 7.89. The third-order valence-corrected chi connectivity index (χ3v) is 2.97. The lowest BCUT2D eigenvalue weighted by Gasteiger charge is -2.06. The number of nitrogens with two attached hydrogens (primary N) is 1. The van der Waals surface area contributed by atoms with Crippen LogP contribution in [0.1, 0.15) is 11.1 Å². The van der Waals surface area contributed by atoms with Crippen molar-refractivity contribution in [3.63, 3.8) is 0 Å². The Hall–Kier alpha value is -1.25. The molecule has 0 aliphatic rings. The van der Waals surface area contributed by atoms with E-state index in [0.717, 1.165) is 6.26 Å². The molecule has 0 aromatic heterocycles. The lowest BCUT2D eigenvalue weighted by molar-refractivity contribution is 0.601. The molecule has 6 heteroatoms. The molecule has 0 saturated carbocycles. The van der Waals surface area contributed by atoms with Crippen LogP contribution in [-0.4, -0.2) is 14.7 Å². The number of rotatable bonds is 2. The Kier molecular flexibility index (Phi) is 3.22. The van der Waals surface area contributed by atoms with E-state index < -0.39 is 9.84 Å². The quantitative estimate of drug-likeness (QED) is 0.796. The van der Waals surface area contributed by atoms with Crippen molar-refractivity contribution in [2.75, 3.05) is 12.0 Å². The Morgan fingerprint density at radius 3 is 2.60 bits per heavy atom. The van der Waals surface area contributed by atoms with Crippen LogP contribution in [0.25, 0.3) is 0 Å². The van der Waals surface area contributed by atoms with Crippen LogP contribution >= 0.6 is 11.6 Å². The van der Waals surface area contributed by atoms with Gasteiger partial charge in [-0.15, -0.1) is 0 Å². The van der Waals surface area contributed by atoms with Crippen LogP contribution in [0, 0.1) is 11.3 Å². The summed E-state index contributed by atoms with van der Waals surface area (Å²) in [7, 11) is -3.19. The van der Waals surface area contributed by atoms with Gasteiger partial charge in [-0.25, -0.2) is 8.42 Å². The zero-order valence-electron chi connectivity index (χ0n) is 7.99. The van der Waals surface area contributed by atoms with E-state index in [1.807, 2.05) is 6.07 Å². The van der Waals surface area contributed by atoms with Gasteiger partial charge in [-0.3, -0.25) is 0 Å². The second-order valence-corrected chi connectivity index (χ2v) is 5.72. The minimum absolute atomic E-state index is 0.125. The maximum atomic E-state index is 11.1. The summed E-state index contributed by atoms with van der Waals surface area (Å²) in [5.74, 6) is -0.211. The zero-order chi connectivity index (χ0) is 11.6. The first-order valence-corrected chi connectivity index (χ1v) is 6.43. The number of benzene rings is 1. The molecule has 1 aromatic rings. The molecule has 1 aromatic carbocycles. The van der Waals surface area contributed by atoms with Crippen molar-refractivity contribution in [3.8, 4) is 6.07 Å². The molecule has 1 rings (SSSR count). The fourth-order valence-electron chi connectivity index (χ4n) is 1.17. The van der Waals surface area contributed by atoms with Gasteiger partial charge in [0, 0.05) is 6.26 Å². The molecular formula is C9H9ClN2O2S. The fraction of sp³-hybridized carbons (Fsp3) is 0.222. The number of sulfone groups is 1. The number of nitrogens with zero attached hydrogens (tertiary/aromatic N) is 1. The Morgan fingerprint density at radius 2 is 2.13 bits per heavy atom. The van der Waals surface area contributed by atoms with Gasteiger partial charge in [0.25, 0.3) is 0 Å². The molecule has 15 heavy (non-hydrogen) atoms. The van der Waals surface area contributed by atoms with Crippen LogP contribution in [0.2, 0.25) is 5.02 Å². The van der Waals surface area contributed by atoms with E-state index in [1.54, 1.807) is 0 Å². The topological polar surface area (TPSA) is 83.9 Å². The molecule has 4 nitrogen and oxygen atoms in total. The standard InChI is InChI=1S/C9H9ClN2O2S/c1-15(13,14)5-6-2-3-8(10)9(12)7(6)4-11/h2-3H,5,12H2,1H3. The predicted octanol–water partition coefficient (Wildman–Crippen LogP) is 1.34. The predicted molar refractivity (Wildman–Crippen MR) is 59.1 cm³/mol. The van der Waals surface area contributed by atoms with Crippen LogP contribution < -0.4 is 5.73 Å². The van der Waals surface area contributed by atoms with Crippen molar-refractivity contribution in [2.45, 2.75) is 5.75 Å². The number of nitrogen functional groups attached to an aromatic ring is 1. The average molecular weight is 245 g/mol. The first kappa shape index (κ1) is 11.8. The molecule has 0 saturated heterocycles. The molecule has 0 bridgehead atoms. The fourth-order valence-corrected chi connectivity index (χ4v) is 2.14. The molecule has 0 spiro atoms. The first-order valence-electron chi connectivity index (χ1n) is 4.00. The second kappa shape index (κ2) is 4.09. The minimum atomic E-state index is -3.19. The third-order valence-electron chi connectivity index (χ3n) is 1.81. The van der Waals surface area contributed by atoms with Crippen molar-refractivity contribution in [3.05, 3.63) is 28.3 Å². The molecule has 0 atom stereocenters. The zero-order valence-corrected chi connectivity index (χ0v) is 9.56. The maximum Gasteiger partial charge on any atom is 0.151 e. The number of nitriles is 1. The monoisotopic (exact) mass is 244 g/mol. The van der Waals surface area contributed by atoms with Crippen LogP contribution in [0.15, 0.2) is 12.1 Å². The summed E-state index contributed by atoms with van der Waals surface area (Å²) in [5.41, 5.74) is 6.20. The first-order chi connectivity index (χ1) is 6.85. The van der Waals surface area contributed by atoms with Gasteiger partial charge in [0.2, 0.25) is 0 Å². The number of halogens is 1. The Bertz CT molecular complexity index is 532. The summed E-state index contributed by atoms with van der Waals surface area (Å²) in [6.45, 7) is 0. The van der Waals surface area contributed by atoms with E-state index in [4.69, 9.17) is 22.6 Å². The second-order valence-electron chi connectivity index (χ2n) is 3.18. The molecule has 0 heterocycles. The Balaban J connectivity index is 3.34. The van der Waals surface area contributed by atoms with Crippen LogP contribution in [0.4, 0.5) is 5.69 Å². The van der Waals surface area contributed by atoms with E-state index in [1.165, 1.54) is 12.1 Å². The summed E-state index contributed by atoms with van der Waals surface area (Å²) >= 11 is 5.71. The molecule has 0 amide bonds. The number of hydrogen-bond donors (Lipinski definition) is 1. The number of hydrogen-bond acceptors (Lipinski definition) is 4. The van der Waals surface area contributed by atoms with Gasteiger partial charge in [-0.05, 0) is 11.6 Å². The summed E-state index contributed by atoms with van der Waals surface area (Å²) in [5, 5.41) is 9.09. The summed E-state index contributed by atoms with van der Waals surface area (Å²) in [6, 6.07) is 4.84. The highest BCUT2D eigenvalue weighted by atomic mass is 35.5. The van der Waals surface area contributed by atoms with Crippen LogP contribution in [0.3, 0.4) is 0 Å². The molecule has 80 valence electrons. The van der Waals surface area contributed by atoms with Gasteiger partial charge in [0.1, 0.15) is 6.07 Å². The van der Waals surface area contributed by atoms with Crippen LogP contribution in [-0.2, 0) is 15.6 Å². The molecule has 2 N–H and O–H groups in total. The van der Waals surface area contributed by atoms with Crippen LogP contribution in [0.5, 0.6) is 0 Å². The number of anilines is 1. The molecular weight excluding hydrogens is 236 g/mol. The minimum Gasteiger partial charge on any atom is -0.396 e. The van der Waals surface area contributed by atoms with Gasteiger partial charge in [-0.2, -0.15) is 5.26 Å². The molecule has 0 aliphatic carbocycles. The lowest BCUT2D eigenvalue weighted by Crippen LogP contribution is -2.05. The maximum absolute atomic E-state index is 11.1. The van der Waals surface area contributed by atoms with Crippen molar-refractivity contribution in [2.24, 2.45) is 0 Å². The summed E-state index contributed by atoms with van der Waals surface area (Å²) in [4.78, 5) is 0. The molecule has 0 fully saturated rings. The van der Waals surface area contributed by atoms with Crippen molar-refractivity contribution < 1.29 is 8.42 Å². The lowest BCUT2D eigenvalue weighted by atomic mass is 10.1. The van der Waals surface area contributed by atoms with E-state index in [9.17, 15) is 8.42 Å². The van der Waals surface area contributed by atoms with Gasteiger partial charge in [0.05, 0.1) is 22.0 Å². The van der Waals surface area contributed by atoms with E-state index >= 15 is 0 Å². The summed E-state index contributed by atoms with van der Waals surface area (Å²) < 4.78 is 22.2. The average Bonchev–Trinajstić information content (AvgIpc) is 2.10. The van der Waals surface area contributed by atoms with Crippen molar-refractivity contribution >= 4 is 27.1 Å². The Morgan fingerprint density at radius 1 is 1.53 bits per heavy atom. The van der Waals surface area contributed by atoms with Crippen molar-refractivity contribution in [1.82, 2.24) is 0 Å². The van der Waals surface area contributed by atoms with Gasteiger partial charge in [-0.1, -0.05) is 17.7 Å². The third kappa shape index (κ3) is 2.85. The largest absolute Gasteiger partial charge is 0.396 e. The van der Waals surface area contributed by atoms with Gasteiger partial charge in [0.15, 0.2) is 9.84 Å². The highest BCUT2D eigenvalue weighted by Gasteiger charge is 2.13. The Labute approximate surface area is 93.2 Å². The van der Waals surface area contributed by atoms with Gasteiger partial charge < -0.3 is 5.73 Å². The molecule has 0 radical (unpaired) electrons. The van der Waals surface area contributed by atoms with E-state index in [0.29, 0.717) is 5.56 Å². The summed E-state index contributed by atoms with van der Waals surface area (Å²) in [6.07, 6.45) is 1.10. The smallest absolute Gasteiger partial charge is 0.151 e.